The van der Waals surface area contributed by atoms with Crippen molar-refractivity contribution in [2.45, 2.75) is 46.8 Å². The molecule has 0 bridgehead atoms. The van der Waals surface area contributed by atoms with Crippen LogP contribution in [-0.2, 0) is 13.0 Å². The number of phenols is 1. The Balaban J connectivity index is 1.77. The number of benzene rings is 2. The van der Waals surface area contributed by atoms with Gasteiger partial charge in [-0.25, -0.2) is 0 Å². The highest BCUT2D eigenvalue weighted by molar-refractivity contribution is 5.95. The van der Waals surface area contributed by atoms with E-state index < -0.39 is 0 Å². The van der Waals surface area contributed by atoms with Crippen LogP contribution in [0.1, 0.15) is 39.0 Å². The molecule has 6 heteroatoms. The van der Waals surface area contributed by atoms with Crippen LogP contribution in [0.3, 0.4) is 0 Å². The van der Waals surface area contributed by atoms with Gasteiger partial charge in [0, 0.05) is 42.3 Å². The van der Waals surface area contributed by atoms with Crippen molar-refractivity contribution in [3.05, 3.63) is 47.7 Å². The van der Waals surface area contributed by atoms with Gasteiger partial charge in [-0.1, -0.05) is 24.3 Å². The van der Waals surface area contributed by atoms with Gasteiger partial charge in [-0.15, -0.1) is 0 Å². The lowest BCUT2D eigenvalue weighted by Gasteiger charge is -2.34. The number of aromatic nitrogens is 2. The third-order valence-electron chi connectivity index (χ3n) is 5.59. The molecule has 0 saturated heterocycles. The Morgan fingerprint density at radius 2 is 1.90 bits per heavy atom. The highest BCUT2D eigenvalue weighted by atomic mass is 16.5. The molecule has 1 aliphatic heterocycles. The number of fused-ring (bicyclic) bond motifs is 2. The van der Waals surface area contributed by atoms with Crippen molar-refractivity contribution in [2.24, 2.45) is 0 Å². The number of ether oxygens (including phenoxy) is 1. The molecule has 0 amide bonds. The lowest BCUT2D eigenvalue weighted by Crippen LogP contribution is -2.34. The minimum absolute atomic E-state index is 0.0160. The summed E-state index contributed by atoms with van der Waals surface area (Å²) in [5.74, 6) is 1.27. The Kier molecular flexibility index (Phi) is 5.66. The maximum atomic E-state index is 10.3. The summed E-state index contributed by atoms with van der Waals surface area (Å²) in [6, 6.07) is 12.3. The summed E-state index contributed by atoms with van der Waals surface area (Å²) in [4.78, 5) is 14.1. The number of anilines is 2. The lowest BCUT2D eigenvalue weighted by molar-refractivity contribution is 0.221. The van der Waals surface area contributed by atoms with Crippen LogP contribution in [0.2, 0.25) is 0 Å². The minimum atomic E-state index is 0.0160. The molecule has 1 aromatic heterocycles. The molecule has 0 fully saturated rings. The van der Waals surface area contributed by atoms with Gasteiger partial charge in [0.15, 0.2) is 0 Å². The molecular weight excluding hydrogens is 376 g/mol. The zero-order valence-corrected chi connectivity index (χ0v) is 18.2. The maximum Gasteiger partial charge on any atom is 0.318 e. The summed E-state index contributed by atoms with van der Waals surface area (Å²) in [5, 5.41) is 12.5. The van der Waals surface area contributed by atoms with Crippen molar-refractivity contribution >= 4 is 22.3 Å². The second-order valence-electron chi connectivity index (χ2n) is 7.95. The van der Waals surface area contributed by atoms with E-state index in [0.717, 1.165) is 54.0 Å². The monoisotopic (exact) mass is 406 g/mol. The van der Waals surface area contributed by atoms with Crippen molar-refractivity contribution < 1.29 is 9.84 Å². The molecule has 0 radical (unpaired) electrons. The molecule has 3 aromatic rings. The van der Waals surface area contributed by atoms with Crippen molar-refractivity contribution in [1.82, 2.24) is 9.97 Å². The van der Waals surface area contributed by atoms with Gasteiger partial charge in [0.05, 0.1) is 18.3 Å². The van der Waals surface area contributed by atoms with Gasteiger partial charge in [-0.3, -0.25) is 0 Å². The topological polar surface area (TPSA) is 61.7 Å². The van der Waals surface area contributed by atoms with Crippen molar-refractivity contribution in [2.75, 3.05) is 29.4 Å². The van der Waals surface area contributed by atoms with Crippen molar-refractivity contribution in [3.63, 3.8) is 0 Å². The van der Waals surface area contributed by atoms with Crippen LogP contribution in [0, 0.1) is 0 Å². The first-order valence-electron chi connectivity index (χ1n) is 10.8. The number of nitrogens with zero attached hydrogens (tertiary/aromatic N) is 4. The fourth-order valence-electron chi connectivity index (χ4n) is 4.18. The standard InChI is InChI=1S/C24H30N4O2/c1-5-27(6-2)23-20-11-12-28(15-21(20)25-24(26-23)30-16(3)4)22-14-18(29)13-17-9-7-8-10-19(17)22/h7-10,13-14,16,29H,5-6,11-12,15H2,1-4H3. The van der Waals surface area contributed by atoms with E-state index in [0.29, 0.717) is 12.6 Å². The predicted octanol–water partition coefficient (Wildman–Crippen LogP) is 4.53. The SMILES string of the molecule is CCN(CC)c1nc(OC(C)C)nc2c1CCN(c1cc(O)cc3ccccc13)C2. The minimum Gasteiger partial charge on any atom is -0.508 e. The van der Waals surface area contributed by atoms with Gasteiger partial charge in [0.2, 0.25) is 0 Å². The van der Waals surface area contributed by atoms with Crippen LogP contribution < -0.4 is 14.5 Å². The van der Waals surface area contributed by atoms with Crippen LogP contribution in [0.25, 0.3) is 10.8 Å². The van der Waals surface area contributed by atoms with Gasteiger partial charge in [0.1, 0.15) is 11.6 Å². The summed E-state index contributed by atoms with van der Waals surface area (Å²) in [7, 11) is 0. The number of phenolic OH excluding ortho intramolecular Hbond substituents is 1. The molecule has 0 atom stereocenters. The van der Waals surface area contributed by atoms with Gasteiger partial charge in [-0.05, 0) is 45.6 Å². The molecule has 2 heterocycles. The summed E-state index contributed by atoms with van der Waals surface area (Å²) in [5.41, 5.74) is 3.24. The highest BCUT2D eigenvalue weighted by Crippen LogP contribution is 2.36. The van der Waals surface area contributed by atoms with Crippen molar-refractivity contribution in [3.8, 4) is 11.8 Å². The number of hydrogen-bond donors (Lipinski definition) is 1. The molecule has 1 N–H and O–H groups in total. The average molecular weight is 407 g/mol. The second kappa shape index (κ2) is 8.38. The Hall–Kier alpha value is -3.02. The van der Waals surface area contributed by atoms with Crippen LogP contribution in [0.4, 0.5) is 11.5 Å². The first kappa shape index (κ1) is 20.3. The van der Waals surface area contributed by atoms with Crippen LogP contribution in [-0.4, -0.2) is 40.8 Å². The van der Waals surface area contributed by atoms with Crippen LogP contribution in [0.15, 0.2) is 36.4 Å². The molecule has 4 rings (SSSR count). The normalized spacial score (nSPS) is 13.6. The largest absolute Gasteiger partial charge is 0.508 e. The zero-order valence-electron chi connectivity index (χ0n) is 18.2. The molecule has 0 unspecified atom stereocenters. The second-order valence-corrected chi connectivity index (χ2v) is 7.95. The molecule has 6 nitrogen and oxygen atoms in total. The quantitative estimate of drug-likeness (QED) is 0.649. The van der Waals surface area contributed by atoms with Gasteiger partial charge in [0.25, 0.3) is 0 Å². The molecule has 1 aliphatic rings. The summed E-state index contributed by atoms with van der Waals surface area (Å²) in [6.07, 6.45) is 0.870. The maximum absolute atomic E-state index is 10.3. The number of aromatic hydroxyl groups is 1. The molecule has 0 spiro atoms. The predicted molar refractivity (Wildman–Crippen MR) is 122 cm³/mol. The smallest absolute Gasteiger partial charge is 0.318 e. The Morgan fingerprint density at radius 1 is 1.13 bits per heavy atom. The van der Waals surface area contributed by atoms with Crippen LogP contribution in [0.5, 0.6) is 11.8 Å². The highest BCUT2D eigenvalue weighted by Gasteiger charge is 2.26. The fraction of sp³-hybridized carbons (Fsp3) is 0.417. The molecule has 2 aromatic carbocycles. The first-order chi connectivity index (χ1) is 14.5. The average Bonchev–Trinajstić information content (AvgIpc) is 2.73. The van der Waals surface area contributed by atoms with E-state index in [1.165, 1.54) is 5.56 Å². The van der Waals surface area contributed by atoms with E-state index in [1.807, 2.05) is 44.2 Å². The van der Waals surface area contributed by atoms with E-state index in [1.54, 1.807) is 0 Å². The molecule has 30 heavy (non-hydrogen) atoms. The first-order valence-corrected chi connectivity index (χ1v) is 10.8. The Morgan fingerprint density at radius 3 is 2.63 bits per heavy atom. The zero-order chi connectivity index (χ0) is 21.3. The van der Waals surface area contributed by atoms with Crippen molar-refractivity contribution in [1.29, 1.82) is 0 Å². The summed E-state index contributed by atoms with van der Waals surface area (Å²) in [6.45, 7) is 11.6. The molecule has 0 saturated carbocycles. The molecule has 158 valence electrons. The fourth-order valence-corrected chi connectivity index (χ4v) is 4.18. The van der Waals surface area contributed by atoms with Gasteiger partial charge >= 0.3 is 6.01 Å². The van der Waals surface area contributed by atoms with E-state index in [-0.39, 0.29) is 11.9 Å². The van der Waals surface area contributed by atoms with E-state index in [2.05, 4.69) is 29.7 Å². The van der Waals surface area contributed by atoms with E-state index >= 15 is 0 Å². The Labute approximate surface area is 178 Å². The number of hydrogen-bond acceptors (Lipinski definition) is 6. The number of rotatable bonds is 6. The van der Waals surface area contributed by atoms with E-state index in [4.69, 9.17) is 14.7 Å². The third-order valence-corrected chi connectivity index (χ3v) is 5.59. The summed E-state index contributed by atoms with van der Waals surface area (Å²) < 4.78 is 5.88. The van der Waals surface area contributed by atoms with Crippen LogP contribution >= 0.6 is 0 Å². The van der Waals surface area contributed by atoms with E-state index in [9.17, 15) is 5.11 Å². The Bertz CT molecular complexity index is 1050. The molecular formula is C24H30N4O2. The van der Waals surface area contributed by atoms with Gasteiger partial charge in [-0.2, -0.15) is 9.97 Å². The third kappa shape index (κ3) is 3.86. The lowest BCUT2D eigenvalue weighted by atomic mass is 10.0. The van der Waals surface area contributed by atoms with Gasteiger partial charge < -0.3 is 19.6 Å². The summed E-state index contributed by atoms with van der Waals surface area (Å²) >= 11 is 0. The molecule has 0 aliphatic carbocycles.